The molecule has 0 spiro atoms. The third-order valence-electron chi connectivity index (χ3n) is 3.26. The molecular weight excluding hydrogens is 242 g/mol. The molecule has 1 heterocycles. The van der Waals surface area contributed by atoms with Gasteiger partial charge in [0.15, 0.2) is 0 Å². The topological polar surface area (TPSA) is 106 Å². The third-order valence-corrected chi connectivity index (χ3v) is 5.56. The highest BCUT2D eigenvalue weighted by molar-refractivity contribution is 7.89. The van der Waals surface area contributed by atoms with Crippen LogP contribution in [0, 0.1) is 5.92 Å². The summed E-state index contributed by atoms with van der Waals surface area (Å²) in [6.45, 7) is 2.67. The summed E-state index contributed by atoms with van der Waals surface area (Å²) in [6, 6.07) is 0. The zero-order valence-corrected chi connectivity index (χ0v) is 10.9. The van der Waals surface area contributed by atoms with Crippen LogP contribution in [0.4, 0.5) is 0 Å². The van der Waals surface area contributed by atoms with E-state index in [1.165, 1.54) is 4.31 Å². The fraction of sp³-hybridized carbons (Fsp3) is 0.900. The van der Waals surface area contributed by atoms with Crippen molar-refractivity contribution < 1.29 is 13.2 Å². The summed E-state index contributed by atoms with van der Waals surface area (Å²) in [7, 11) is -3.27. The maximum Gasteiger partial charge on any atom is 0.217 e. The molecule has 0 aromatic carbocycles. The second-order valence-corrected chi connectivity index (χ2v) is 6.96. The molecule has 100 valence electrons. The average Bonchev–Trinajstić information content (AvgIpc) is 2.27. The number of piperidine rings is 1. The number of hydrogen-bond acceptors (Lipinski definition) is 4. The van der Waals surface area contributed by atoms with E-state index in [-0.39, 0.29) is 18.4 Å². The summed E-state index contributed by atoms with van der Waals surface area (Å²) in [4.78, 5) is 10.8. The van der Waals surface area contributed by atoms with Crippen molar-refractivity contribution in [2.75, 3.05) is 19.6 Å². The van der Waals surface area contributed by atoms with Gasteiger partial charge < -0.3 is 11.5 Å². The lowest BCUT2D eigenvalue weighted by atomic mass is 9.94. The van der Waals surface area contributed by atoms with Gasteiger partial charge in [-0.25, -0.2) is 12.7 Å². The first-order chi connectivity index (χ1) is 7.87. The molecule has 1 atom stereocenters. The molecule has 1 unspecified atom stereocenters. The van der Waals surface area contributed by atoms with Crippen LogP contribution >= 0.6 is 0 Å². The highest BCUT2D eigenvalue weighted by Crippen LogP contribution is 2.23. The summed E-state index contributed by atoms with van der Waals surface area (Å²) in [6.07, 6.45) is 1.74. The number of nitrogens with zero attached hydrogens (tertiary/aromatic N) is 1. The number of rotatable bonds is 5. The Bertz CT molecular complexity index is 361. The highest BCUT2D eigenvalue weighted by Gasteiger charge is 2.31. The standard InChI is InChI=1S/C10H21N3O3S/c1-8(7-11)17(15,16)13-4-2-9(3-5-13)6-10(12)14/h8-9H,2-7,11H2,1H3,(H2,12,14). The van der Waals surface area contributed by atoms with E-state index >= 15 is 0 Å². The Hall–Kier alpha value is -0.660. The van der Waals surface area contributed by atoms with Gasteiger partial charge in [-0.3, -0.25) is 4.79 Å². The van der Waals surface area contributed by atoms with E-state index in [2.05, 4.69) is 0 Å². The van der Waals surface area contributed by atoms with E-state index in [9.17, 15) is 13.2 Å². The molecule has 0 radical (unpaired) electrons. The Labute approximate surface area is 102 Å². The maximum absolute atomic E-state index is 12.0. The lowest BCUT2D eigenvalue weighted by molar-refractivity contribution is -0.119. The molecule has 1 fully saturated rings. The molecule has 6 nitrogen and oxygen atoms in total. The Morgan fingerprint density at radius 3 is 2.35 bits per heavy atom. The summed E-state index contributed by atoms with van der Waals surface area (Å²) in [5.41, 5.74) is 10.5. The van der Waals surface area contributed by atoms with Crippen LogP contribution in [-0.2, 0) is 14.8 Å². The van der Waals surface area contributed by atoms with Crippen molar-refractivity contribution in [3.05, 3.63) is 0 Å². The number of primary amides is 1. The van der Waals surface area contributed by atoms with Crippen LogP contribution in [0.15, 0.2) is 0 Å². The third kappa shape index (κ3) is 3.65. The van der Waals surface area contributed by atoms with E-state index in [1.54, 1.807) is 6.92 Å². The molecule has 1 aliphatic heterocycles. The van der Waals surface area contributed by atoms with Crippen LogP contribution in [0.1, 0.15) is 26.2 Å². The second kappa shape index (κ2) is 5.79. The molecule has 7 heteroatoms. The monoisotopic (exact) mass is 263 g/mol. The molecule has 0 saturated carbocycles. The summed E-state index contributed by atoms with van der Waals surface area (Å²) < 4.78 is 25.5. The number of amides is 1. The average molecular weight is 263 g/mol. The van der Waals surface area contributed by atoms with Crippen molar-refractivity contribution in [3.8, 4) is 0 Å². The van der Waals surface area contributed by atoms with Crippen LogP contribution in [0.3, 0.4) is 0 Å². The van der Waals surface area contributed by atoms with Gasteiger partial charge in [0.25, 0.3) is 0 Å². The number of nitrogens with two attached hydrogens (primary N) is 2. The largest absolute Gasteiger partial charge is 0.370 e. The van der Waals surface area contributed by atoms with E-state index in [1.807, 2.05) is 0 Å². The minimum Gasteiger partial charge on any atom is -0.370 e. The number of sulfonamides is 1. The van der Waals surface area contributed by atoms with Crippen LogP contribution in [-0.4, -0.2) is 43.5 Å². The highest BCUT2D eigenvalue weighted by atomic mass is 32.2. The fourth-order valence-electron chi connectivity index (χ4n) is 2.03. The van der Waals surface area contributed by atoms with Crippen LogP contribution in [0.2, 0.25) is 0 Å². The minimum absolute atomic E-state index is 0.129. The van der Waals surface area contributed by atoms with Gasteiger partial charge in [0.1, 0.15) is 0 Å². The fourth-order valence-corrected chi connectivity index (χ4v) is 3.50. The molecule has 1 aliphatic rings. The van der Waals surface area contributed by atoms with Crippen molar-refractivity contribution in [2.45, 2.75) is 31.4 Å². The predicted octanol–water partition coefficient (Wildman–Crippen LogP) is -0.749. The summed E-state index contributed by atoms with van der Waals surface area (Å²) >= 11 is 0. The van der Waals surface area contributed by atoms with Gasteiger partial charge in [0.05, 0.1) is 5.25 Å². The van der Waals surface area contributed by atoms with E-state index in [0.717, 1.165) is 0 Å². The Morgan fingerprint density at radius 2 is 1.94 bits per heavy atom. The Morgan fingerprint density at radius 1 is 1.41 bits per heavy atom. The molecule has 0 aliphatic carbocycles. The Kier molecular flexibility index (Phi) is 4.91. The van der Waals surface area contributed by atoms with Crippen LogP contribution in [0.25, 0.3) is 0 Å². The quantitative estimate of drug-likeness (QED) is 0.680. The molecule has 0 aromatic heterocycles. The summed E-state index contributed by atoms with van der Waals surface area (Å²) in [5, 5.41) is -0.546. The first kappa shape index (κ1) is 14.4. The normalized spacial score (nSPS) is 21.3. The number of hydrogen-bond donors (Lipinski definition) is 2. The van der Waals surface area contributed by atoms with Gasteiger partial charge in [0, 0.05) is 26.1 Å². The van der Waals surface area contributed by atoms with Crippen molar-refractivity contribution in [2.24, 2.45) is 17.4 Å². The molecule has 1 amide bonds. The van der Waals surface area contributed by atoms with Crippen molar-refractivity contribution in [1.82, 2.24) is 4.31 Å². The van der Waals surface area contributed by atoms with Gasteiger partial charge in [-0.2, -0.15) is 0 Å². The lowest BCUT2D eigenvalue weighted by Crippen LogP contribution is -2.45. The van der Waals surface area contributed by atoms with Crippen LogP contribution < -0.4 is 11.5 Å². The predicted molar refractivity (Wildman–Crippen MR) is 65.5 cm³/mol. The SMILES string of the molecule is CC(CN)S(=O)(=O)N1CCC(CC(N)=O)CC1. The lowest BCUT2D eigenvalue weighted by Gasteiger charge is -2.32. The van der Waals surface area contributed by atoms with Gasteiger partial charge in [-0.1, -0.05) is 0 Å². The molecular formula is C10H21N3O3S. The zero-order chi connectivity index (χ0) is 13.1. The van der Waals surface area contributed by atoms with E-state index in [0.29, 0.717) is 32.4 Å². The Balaban J connectivity index is 2.55. The van der Waals surface area contributed by atoms with E-state index < -0.39 is 15.3 Å². The zero-order valence-electron chi connectivity index (χ0n) is 10.1. The molecule has 1 rings (SSSR count). The molecule has 4 N–H and O–H groups in total. The van der Waals surface area contributed by atoms with Crippen molar-refractivity contribution in [3.63, 3.8) is 0 Å². The first-order valence-corrected chi connectivity index (χ1v) is 7.35. The minimum atomic E-state index is -3.27. The first-order valence-electron chi connectivity index (χ1n) is 5.85. The molecule has 1 saturated heterocycles. The van der Waals surface area contributed by atoms with Gasteiger partial charge in [-0.05, 0) is 25.7 Å². The van der Waals surface area contributed by atoms with Crippen LogP contribution in [0.5, 0.6) is 0 Å². The molecule has 0 aromatic rings. The maximum atomic E-state index is 12.0. The molecule has 17 heavy (non-hydrogen) atoms. The van der Waals surface area contributed by atoms with Crippen molar-refractivity contribution >= 4 is 15.9 Å². The number of carbonyl (C=O) groups is 1. The van der Waals surface area contributed by atoms with Gasteiger partial charge in [-0.15, -0.1) is 0 Å². The second-order valence-electron chi connectivity index (χ2n) is 4.60. The van der Waals surface area contributed by atoms with E-state index in [4.69, 9.17) is 11.5 Å². The van der Waals surface area contributed by atoms with Crippen molar-refractivity contribution in [1.29, 1.82) is 0 Å². The van der Waals surface area contributed by atoms with Gasteiger partial charge in [0.2, 0.25) is 15.9 Å². The summed E-state index contributed by atoms with van der Waals surface area (Å²) in [5.74, 6) is -0.103. The smallest absolute Gasteiger partial charge is 0.217 e. The van der Waals surface area contributed by atoms with Gasteiger partial charge >= 0.3 is 0 Å². The molecule has 0 bridgehead atoms. The number of carbonyl (C=O) groups excluding carboxylic acids is 1.